The van der Waals surface area contributed by atoms with E-state index in [1.165, 1.54) is 37.4 Å². The predicted molar refractivity (Wildman–Crippen MR) is 76.1 cm³/mol. The van der Waals surface area contributed by atoms with Crippen LogP contribution in [-0.2, 0) is 6.18 Å². The molecule has 1 aliphatic carbocycles. The van der Waals surface area contributed by atoms with Crippen LogP contribution in [0.15, 0.2) is 17.2 Å². The lowest BCUT2D eigenvalue weighted by Crippen LogP contribution is -2.09. The van der Waals surface area contributed by atoms with Gasteiger partial charge in [-0.05, 0) is 37.8 Å². The molecule has 1 aromatic heterocycles. The summed E-state index contributed by atoms with van der Waals surface area (Å²) in [5.74, 6) is 1.79. The number of nitrogens with zero attached hydrogens (tertiary/aromatic N) is 1. The molecule has 0 bridgehead atoms. The fourth-order valence-electron chi connectivity index (χ4n) is 2.39. The van der Waals surface area contributed by atoms with Gasteiger partial charge < -0.3 is 5.32 Å². The minimum absolute atomic E-state index is 0.302. The van der Waals surface area contributed by atoms with Crippen LogP contribution in [0, 0.1) is 5.92 Å². The summed E-state index contributed by atoms with van der Waals surface area (Å²) in [6.45, 7) is 2.40. The molecule has 6 heteroatoms. The topological polar surface area (TPSA) is 24.9 Å². The predicted octanol–water partition coefficient (Wildman–Crippen LogP) is 4.81. The van der Waals surface area contributed by atoms with Gasteiger partial charge in [0.15, 0.2) is 0 Å². The third kappa shape index (κ3) is 4.30. The highest BCUT2D eigenvalue weighted by Gasteiger charge is 2.31. The van der Waals surface area contributed by atoms with Crippen molar-refractivity contribution in [3.05, 3.63) is 17.7 Å². The number of thioether (sulfide) groups is 1. The van der Waals surface area contributed by atoms with Gasteiger partial charge in [0.2, 0.25) is 0 Å². The first-order chi connectivity index (χ1) is 9.49. The second-order valence-electron chi connectivity index (χ2n) is 5.07. The summed E-state index contributed by atoms with van der Waals surface area (Å²) < 4.78 is 38.6. The first-order valence-corrected chi connectivity index (χ1v) is 7.93. The maximum absolute atomic E-state index is 12.9. The van der Waals surface area contributed by atoms with Crippen molar-refractivity contribution in [2.24, 2.45) is 5.92 Å². The minimum Gasteiger partial charge on any atom is -0.370 e. The highest BCUT2D eigenvalue weighted by molar-refractivity contribution is 7.99. The number of hydrogen-bond donors (Lipinski definition) is 1. The number of nitrogens with one attached hydrogen (secondary N) is 1. The van der Waals surface area contributed by atoms with Crippen LogP contribution in [0.25, 0.3) is 0 Å². The molecule has 2 nitrogen and oxygen atoms in total. The molecule has 20 heavy (non-hydrogen) atoms. The SMILES string of the molecule is CCNc1cc(C(F)(F)F)cc(SCC2CCCC2)n1. The van der Waals surface area contributed by atoms with Crippen LogP contribution in [0.3, 0.4) is 0 Å². The lowest BCUT2D eigenvalue weighted by molar-refractivity contribution is -0.137. The van der Waals surface area contributed by atoms with Gasteiger partial charge in [0, 0.05) is 12.3 Å². The lowest BCUT2D eigenvalue weighted by atomic mass is 10.1. The summed E-state index contributed by atoms with van der Waals surface area (Å²) in [6.07, 6.45) is 0.529. The third-order valence-electron chi connectivity index (χ3n) is 3.43. The number of anilines is 1. The Balaban J connectivity index is 2.11. The smallest absolute Gasteiger partial charge is 0.370 e. The van der Waals surface area contributed by atoms with Crippen molar-refractivity contribution in [2.75, 3.05) is 17.6 Å². The van der Waals surface area contributed by atoms with Gasteiger partial charge in [-0.2, -0.15) is 13.2 Å². The maximum atomic E-state index is 12.9. The number of hydrogen-bond acceptors (Lipinski definition) is 3. The molecular formula is C14H19F3N2S. The fourth-order valence-corrected chi connectivity index (χ4v) is 3.51. The Bertz CT molecular complexity index is 443. The summed E-state index contributed by atoms with van der Waals surface area (Å²) in [5, 5.41) is 3.32. The number of pyridine rings is 1. The summed E-state index contributed by atoms with van der Waals surface area (Å²) in [4.78, 5) is 4.25. The molecule has 0 spiro atoms. The van der Waals surface area contributed by atoms with Crippen molar-refractivity contribution in [3.8, 4) is 0 Å². The molecule has 1 N–H and O–H groups in total. The average molecular weight is 304 g/mol. The van der Waals surface area contributed by atoms with Gasteiger partial charge in [0.05, 0.1) is 10.6 Å². The van der Waals surface area contributed by atoms with E-state index in [9.17, 15) is 13.2 Å². The van der Waals surface area contributed by atoms with Crippen molar-refractivity contribution >= 4 is 17.6 Å². The zero-order valence-electron chi connectivity index (χ0n) is 11.5. The Kier molecular flexibility index (Phi) is 5.18. The molecule has 0 saturated heterocycles. The molecule has 1 aromatic rings. The Morgan fingerprint density at radius 3 is 2.60 bits per heavy atom. The zero-order chi connectivity index (χ0) is 14.6. The van der Waals surface area contributed by atoms with Gasteiger partial charge in [-0.15, -0.1) is 11.8 Å². The standard InChI is InChI=1S/C14H19F3N2S/c1-2-18-12-7-11(14(15,16)17)8-13(19-12)20-9-10-5-3-4-6-10/h7-8,10H,2-6,9H2,1H3,(H,18,19). The van der Waals surface area contributed by atoms with E-state index in [4.69, 9.17) is 0 Å². The quantitative estimate of drug-likeness (QED) is 0.790. The molecule has 2 rings (SSSR count). The van der Waals surface area contributed by atoms with Crippen LogP contribution < -0.4 is 5.32 Å². The summed E-state index contributed by atoms with van der Waals surface area (Å²) >= 11 is 1.44. The second kappa shape index (κ2) is 6.70. The third-order valence-corrected chi connectivity index (χ3v) is 4.57. The molecule has 0 aromatic carbocycles. The number of rotatable bonds is 5. The molecule has 0 amide bonds. The first kappa shape index (κ1) is 15.5. The van der Waals surface area contributed by atoms with E-state index in [0.717, 1.165) is 17.9 Å². The van der Waals surface area contributed by atoms with E-state index in [1.807, 2.05) is 6.92 Å². The molecule has 0 radical (unpaired) electrons. The highest BCUT2D eigenvalue weighted by Crippen LogP contribution is 2.35. The molecule has 0 aliphatic heterocycles. The number of alkyl halides is 3. The van der Waals surface area contributed by atoms with Crippen LogP contribution in [0.4, 0.5) is 19.0 Å². The van der Waals surface area contributed by atoms with Crippen molar-refractivity contribution in [3.63, 3.8) is 0 Å². The van der Waals surface area contributed by atoms with E-state index in [-0.39, 0.29) is 0 Å². The molecule has 1 fully saturated rings. The van der Waals surface area contributed by atoms with E-state index in [2.05, 4.69) is 10.3 Å². The van der Waals surface area contributed by atoms with Gasteiger partial charge in [0.25, 0.3) is 0 Å². The van der Waals surface area contributed by atoms with Crippen LogP contribution in [0.2, 0.25) is 0 Å². The normalized spacial score (nSPS) is 16.6. The summed E-state index contributed by atoms with van der Waals surface area (Å²) in [5.41, 5.74) is -0.627. The minimum atomic E-state index is -4.32. The molecule has 0 unspecified atom stereocenters. The summed E-state index contributed by atoms with van der Waals surface area (Å²) in [7, 11) is 0. The Labute approximate surface area is 121 Å². The molecule has 1 saturated carbocycles. The monoisotopic (exact) mass is 304 g/mol. The summed E-state index contributed by atoms with van der Waals surface area (Å²) in [6, 6.07) is 2.23. The van der Waals surface area contributed by atoms with Gasteiger partial charge in [-0.25, -0.2) is 4.98 Å². The average Bonchev–Trinajstić information content (AvgIpc) is 2.88. The largest absolute Gasteiger partial charge is 0.416 e. The van der Waals surface area contributed by atoms with Gasteiger partial charge in [0.1, 0.15) is 5.82 Å². The molecule has 112 valence electrons. The van der Waals surface area contributed by atoms with Gasteiger partial charge >= 0.3 is 6.18 Å². The number of halogens is 3. The van der Waals surface area contributed by atoms with Crippen LogP contribution in [-0.4, -0.2) is 17.3 Å². The molecule has 0 atom stereocenters. The maximum Gasteiger partial charge on any atom is 0.416 e. The van der Waals surface area contributed by atoms with Gasteiger partial charge in [-0.3, -0.25) is 0 Å². The van der Waals surface area contributed by atoms with E-state index in [0.29, 0.717) is 23.3 Å². The first-order valence-electron chi connectivity index (χ1n) is 6.95. The Morgan fingerprint density at radius 1 is 1.30 bits per heavy atom. The van der Waals surface area contributed by atoms with Crippen molar-refractivity contribution in [1.29, 1.82) is 0 Å². The van der Waals surface area contributed by atoms with Crippen LogP contribution in [0.1, 0.15) is 38.2 Å². The fraction of sp³-hybridized carbons (Fsp3) is 0.643. The highest BCUT2D eigenvalue weighted by atomic mass is 32.2. The van der Waals surface area contributed by atoms with Crippen LogP contribution >= 0.6 is 11.8 Å². The van der Waals surface area contributed by atoms with Crippen molar-refractivity contribution in [2.45, 2.75) is 43.8 Å². The van der Waals surface area contributed by atoms with Gasteiger partial charge in [-0.1, -0.05) is 12.8 Å². The van der Waals surface area contributed by atoms with E-state index < -0.39 is 11.7 Å². The van der Waals surface area contributed by atoms with Crippen molar-refractivity contribution < 1.29 is 13.2 Å². The zero-order valence-corrected chi connectivity index (χ0v) is 12.3. The Morgan fingerprint density at radius 2 is 2.00 bits per heavy atom. The molecule has 1 aliphatic rings. The molecule has 1 heterocycles. The van der Waals surface area contributed by atoms with Crippen LogP contribution in [0.5, 0.6) is 0 Å². The van der Waals surface area contributed by atoms with E-state index in [1.54, 1.807) is 0 Å². The van der Waals surface area contributed by atoms with Crippen molar-refractivity contribution in [1.82, 2.24) is 4.98 Å². The van der Waals surface area contributed by atoms with E-state index >= 15 is 0 Å². The Hall–Kier alpha value is -0.910. The molecular weight excluding hydrogens is 285 g/mol. The number of aromatic nitrogens is 1. The lowest BCUT2D eigenvalue weighted by Gasteiger charge is -2.13. The second-order valence-corrected chi connectivity index (χ2v) is 6.11.